The van der Waals surface area contributed by atoms with Crippen LogP contribution in [0.3, 0.4) is 0 Å². The van der Waals surface area contributed by atoms with Gasteiger partial charge < -0.3 is 9.52 Å². The number of fused-ring (bicyclic) bond motifs is 1. The van der Waals surface area contributed by atoms with Crippen molar-refractivity contribution in [3.63, 3.8) is 0 Å². The van der Waals surface area contributed by atoms with E-state index in [-0.39, 0.29) is 12.2 Å². The van der Waals surface area contributed by atoms with Crippen LogP contribution in [0.25, 0.3) is 11.0 Å². The molecule has 1 aromatic heterocycles. The van der Waals surface area contributed by atoms with Gasteiger partial charge in [-0.05, 0) is 61.6 Å². The second kappa shape index (κ2) is 5.62. The van der Waals surface area contributed by atoms with E-state index in [0.717, 1.165) is 42.6 Å². The van der Waals surface area contributed by atoms with Crippen LogP contribution in [0.4, 0.5) is 0 Å². The highest BCUT2D eigenvalue weighted by Gasteiger charge is 2.22. The fourth-order valence-corrected chi connectivity index (χ4v) is 3.06. The zero-order valence-corrected chi connectivity index (χ0v) is 12.6. The highest BCUT2D eigenvalue weighted by molar-refractivity contribution is 5.81. The molecule has 1 N–H and O–H groups in total. The monoisotopic (exact) mass is 287 g/mol. The van der Waals surface area contributed by atoms with Gasteiger partial charge in [-0.2, -0.15) is 0 Å². The lowest BCUT2D eigenvalue weighted by Crippen LogP contribution is -2.21. The molecular formula is C17H21NO3. The summed E-state index contributed by atoms with van der Waals surface area (Å²) in [5, 5.41) is 10.3. The fourth-order valence-electron chi connectivity index (χ4n) is 3.06. The van der Waals surface area contributed by atoms with E-state index >= 15 is 0 Å². The number of hydrogen-bond donors (Lipinski definition) is 1. The largest absolute Gasteiger partial charge is 0.423 e. The molecule has 2 aromatic rings. The van der Waals surface area contributed by atoms with Crippen molar-refractivity contribution in [3.05, 3.63) is 45.3 Å². The third kappa shape index (κ3) is 2.87. The Morgan fingerprint density at radius 1 is 1.29 bits per heavy atom. The molecule has 1 fully saturated rings. The summed E-state index contributed by atoms with van der Waals surface area (Å²) in [4.78, 5) is 14.1. The van der Waals surface area contributed by atoms with Gasteiger partial charge in [-0.25, -0.2) is 4.79 Å². The number of hydrogen-bond acceptors (Lipinski definition) is 4. The predicted octanol–water partition coefficient (Wildman–Crippen LogP) is 2.22. The minimum absolute atomic E-state index is 0.243. The molecule has 4 nitrogen and oxygen atoms in total. The van der Waals surface area contributed by atoms with Gasteiger partial charge in [0.2, 0.25) is 0 Å². The van der Waals surface area contributed by atoms with Crippen LogP contribution < -0.4 is 5.63 Å². The van der Waals surface area contributed by atoms with Gasteiger partial charge in [0.15, 0.2) is 0 Å². The number of benzene rings is 1. The van der Waals surface area contributed by atoms with Crippen molar-refractivity contribution in [2.24, 2.45) is 5.92 Å². The molecule has 0 radical (unpaired) electrons. The molecule has 112 valence electrons. The maximum Gasteiger partial charge on any atom is 0.336 e. The Morgan fingerprint density at radius 3 is 2.76 bits per heavy atom. The van der Waals surface area contributed by atoms with Crippen molar-refractivity contribution < 1.29 is 9.52 Å². The molecule has 1 unspecified atom stereocenters. The number of aliphatic hydroxyl groups is 1. The van der Waals surface area contributed by atoms with E-state index in [1.165, 1.54) is 5.56 Å². The molecule has 0 aliphatic carbocycles. The third-order valence-electron chi connectivity index (χ3n) is 4.47. The van der Waals surface area contributed by atoms with Crippen LogP contribution >= 0.6 is 0 Å². The number of nitrogens with zero attached hydrogens (tertiary/aromatic N) is 1. The molecule has 2 heterocycles. The first kappa shape index (κ1) is 14.3. The maximum atomic E-state index is 11.8. The molecule has 1 aromatic carbocycles. The number of rotatable bonds is 3. The molecule has 0 saturated carbocycles. The average Bonchev–Trinajstić information content (AvgIpc) is 2.88. The van der Waals surface area contributed by atoms with Gasteiger partial charge in [0.1, 0.15) is 5.58 Å². The molecule has 3 rings (SSSR count). The molecule has 0 bridgehead atoms. The Hall–Kier alpha value is -1.65. The van der Waals surface area contributed by atoms with Gasteiger partial charge >= 0.3 is 5.63 Å². The summed E-state index contributed by atoms with van der Waals surface area (Å²) >= 11 is 0. The van der Waals surface area contributed by atoms with Gasteiger partial charge in [0.25, 0.3) is 0 Å². The SMILES string of the molecule is Cc1cc2oc(=O)cc(CN3CCC(CO)C3)c2cc1C. The van der Waals surface area contributed by atoms with Crippen molar-refractivity contribution in [1.82, 2.24) is 4.90 Å². The standard InChI is InChI=1S/C17H21NO3/c1-11-5-15-14(9-18-4-3-13(8-18)10-19)7-17(20)21-16(15)6-12(11)2/h5-7,13,19H,3-4,8-10H2,1-2H3. The number of likely N-dealkylation sites (tertiary alicyclic amines) is 1. The smallest absolute Gasteiger partial charge is 0.336 e. The van der Waals surface area contributed by atoms with Gasteiger partial charge in [-0.3, -0.25) is 4.90 Å². The van der Waals surface area contributed by atoms with Crippen molar-refractivity contribution in [1.29, 1.82) is 0 Å². The van der Waals surface area contributed by atoms with Crippen molar-refractivity contribution in [2.75, 3.05) is 19.7 Å². The third-order valence-corrected chi connectivity index (χ3v) is 4.47. The molecule has 1 atom stereocenters. The first-order valence-corrected chi connectivity index (χ1v) is 7.44. The summed E-state index contributed by atoms with van der Waals surface area (Å²) in [7, 11) is 0. The quantitative estimate of drug-likeness (QED) is 0.880. The summed E-state index contributed by atoms with van der Waals surface area (Å²) in [6.45, 7) is 6.93. The summed E-state index contributed by atoms with van der Waals surface area (Å²) in [6.07, 6.45) is 1.02. The molecule has 0 amide bonds. The van der Waals surface area contributed by atoms with E-state index in [9.17, 15) is 9.90 Å². The summed E-state index contributed by atoms with van der Waals surface area (Å²) in [6, 6.07) is 5.64. The predicted molar refractivity (Wildman–Crippen MR) is 82.4 cm³/mol. The Labute approximate surface area is 124 Å². The van der Waals surface area contributed by atoms with E-state index in [4.69, 9.17) is 4.42 Å². The van der Waals surface area contributed by atoms with Gasteiger partial charge in [0, 0.05) is 31.1 Å². The minimum Gasteiger partial charge on any atom is -0.423 e. The van der Waals surface area contributed by atoms with Crippen LogP contribution in [0, 0.1) is 19.8 Å². The first-order valence-electron chi connectivity index (χ1n) is 7.44. The number of aryl methyl sites for hydroxylation is 2. The van der Waals surface area contributed by atoms with Gasteiger partial charge in [-0.15, -0.1) is 0 Å². The fraction of sp³-hybridized carbons (Fsp3) is 0.471. The average molecular weight is 287 g/mol. The van der Waals surface area contributed by atoms with Crippen LogP contribution in [0.15, 0.2) is 27.4 Å². The van der Waals surface area contributed by atoms with Crippen molar-refractivity contribution in [3.8, 4) is 0 Å². The lowest BCUT2D eigenvalue weighted by Gasteiger charge is -2.17. The summed E-state index contributed by atoms with van der Waals surface area (Å²) in [5.41, 5.74) is 3.72. The molecule has 1 aliphatic heterocycles. The van der Waals surface area contributed by atoms with E-state index in [0.29, 0.717) is 11.5 Å². The second-order valence-electron chi connectivity index (χ2n) is 6.10. The van der Waals surface area contributed by atoms with E-state index in [2.05, 4.69) is 17.9 Å². The molecular weight excluding hydrogens is 266 g/mol. The molecule has 1 aliphatic rings. The lowest BCUT2D eigenvalue weighted by molar-refractivity contribution is 0.220. The minimum atomic E-state index is -0.293. The Bertz CT molecular complexity index is 720. The second-order valence-corrected chi connectivity index (χ2v) is 6.10. The highest BCUT2D eigenvalue weighted by Crippen LogP contribution is 2.24. The normalized spacial score (nSPS) is 19.5. The number of aliphatic hydroxyl groups excluding tert-OH is 1. The maximum absolute atomic E-state index is 11.8. The molecule has 4 heteroatoms. The van der Waals surface area contributed by atoms with Crippen LogP contribution in [0.5, 0.6) is 0 Å². The van der Waals surface area contributed by atoms with E-state index in [1.807, 2.05) is 13.0 Å². The summed E-state index contributed by atoms with van der Waals surface area (Å²) in [5.74, 6) is 0.361. The Kier molecular flexibility index (Phi) is 3.83. The van der Waals surface area contributed by atoms with Crippen LogP contribution in [0.1, 0.15) is 23.1 Å². The van der Waals surface area contributed by atoms with Crippen molar-refractivity contribution >= 4 is 11.0 Å². The summed E-state index contributed by atoms with van der Waals surface area (Å²) < 4.78 is 5.33. The first-order chi connectivity index (χ1) is 10.1. The van der Waals surface area contributed by atoms with Crippen molar-refractivity contribution in [2.45, 2.75) is 26.8 Å². The zero-order chi connectivity index (χ0) is 15.0. The Balaban J connectivity index is 1.98. The Morgan fingerprint density at radius 2 is 2.05 bits per heavy atom. The van der Waals surface area contributed by atoms with Crippen LogP contribution in [0.2, 0.25) is 0 Å². The van der Waals surface area contributed by atoms with E-state index < -0.39 is 0 Å². The topological polar surface area (TPSA) is 53.7 Å². The zero-order valence-electron chi connectivity index (χ0n) is 12.6. The van der Waals surface area contributed by atoms with Crippen LogP contribution in [-0.2, 0) is 6.54 Å². The lowest BCUT2D eigenvalue weighted by atomic mass is 10.0. The highest BCUT2D eigenvalue weighted by atomic mass is 16.4. The van der Waals surface area contributed by atoms with Gasteiger partial charge in [0.05, 0.1) is 0 Å². The molecule has 1 saturated heterocycles. The van der Waals surface area contributed by atoms with Gasteiger partial charge in [-0.1, -0.05) is 0 Å². The molecule has 0 spiro atoms. The van der Waals surface area contributed by atoms with Crippen LogP contribution in [-0.4, -0.2) is 29.7 Å². The molecule has 21 heavy (non-hydrogen) atoms. The van der Waals surface area contributed by atoms with E-state index in [1.54, 1.807) is 6.07 Å².